The molecule has 0 saturated heterocycles. The van der Waals surface area contributed by atoms with Crippen LogP contribution >= 0.6 is 12.2 Å². The smallest absolute Gasteiger partial charge is 0.337 e. The molecule has 3 rings (SSSR count). The van der Waals surface area contributed by atoms with E-state index in [-0.39, 0.29) is 6.61 Å². The highest BCUT2D eigenvalue weighted by Crippen LogP contribution is 2.36. The number of aryl methyl sites for hydroxylation is 1. The molecule has 0 aromatic heterocycles. The van der Waals surface area contributed by atoms with E-state index in [0.29, 0.717) is 22.9 Å². The van der Waals surface area contributed by atoms with Gasteiger partial charge in [0, 0.05) is 11.4 Å². The van der Waals surface area contributed by atoms with Crippen molar-refractivity contribution in [1.29, 1.82) is 5.26 Å². The highest BCUT2D eigenvalue weighted by Gasteiger charge is 2.36. The molecule has 1 N–H and O–H groups in total. The van der Waals surface area contributed by atoms with Crippen molar-refractivity contribution in [2.45, 2.75) is 26.3 Å². The number of benzene rings is 2. The van der Waals surface area contributed by atoms with Crippen LogP contribution in [0.25, 0.3) is 0 Å². The lowest BCUT2D eigenvalue weighted by Crippen LogP contribution is -2.48. The van der Waals surface area contributed by atoms with Crippen molar-refractivity contribution in [2.75, 3.05) is 18.6 Å². The minimum Gasteiger partial charge on any atom is -0.479 e. The number of anilines is 1. The van der Waals surface area contributed by atoms with Crippen LogP contribution in [0.15, 0.2) is 59.8 Å². The summed E-state index contributed by atoms with van der Waals surface area (Å²) in [6.45, 7) is 3.99. The number of nitrogens with one attached hydrogen (secondary N) is 1. The summed E-state index contributed by atoms with van der Waals surface area (Å²) in [6.07, 6.45) is 0.597. The van der Waals surface area contributed by atoms with E-state index in [0.717, 1.165) is 22.5 Å². The van der Waals surface area contributed by atoms with Gasteiger partial charge in [0.25, 0.3) is 0 Å². The normalized spacial score (nSPS) is 16.0. The Balaban J connectivity index is 2.07. The SMILES string of the molecule is CCC1=C(C(=O)OC)[C@H](c2ccc(OCC#N)cc2)NC(=S)N1c1ccc(C)cc1. The predicted molar refractivity (Wildman–Crippen MR) is 119 cm³/mol. The molecule has 6 nitrogen and oxygen atoms in total. The summed E-state index contributed by atoms with van der Waals surface area (Å²) in [5.74, 6) is 0.174. The number of carbonyl (C=O) groups is 1. The van der Waals surface area contributed by atoms with Crippen molar-refractivity contribution in [3.05, 3.63) is 70.9 Å². The van der Waals surface area contributed by atoms with Gasteiger partial charge in [-0.05, 0) is 55.4 Å². The number of thiocarbonyl (C=S) groups is 1. The van der Waals surface area contributed by atoms with E-state index in [2.05, 4.69) is 5.32 Å². The van der Waals surface area contributed by atoms with Crippen LogP contribution < -0.4 is 15.0 Å². The summed E-state index contributed by atoms with van der Waals surface area (Å²) < 4.78 is 10.4. The van der Waals surface area contributed by atoms with Gasteiger partial charge in [-0.2, -0.15) is 5.26 Å². The zero-order valence-electron chi connectivity index (χ0n) is 17.1. The van der Waals surface area contributed by atoms with E-state index in [9.17, 15) is 4.79 Å². The number of hydrogen-bond acceptors (Lipinski definition) is 5. The summed E-state index contributed by atoms with van der Waals surface area (Å²) in [6, 6.07) is 16.7. The van der Waals surface area contributed by atoms with Gasteiger partial charge < -0.3 is 14.8 Å². The second-order valence-corrected chi connectivity index (χ2v) is 7.16. The van der Waals surface area contributed by atoms with E-state index in [1.54, 1.807) is 12.1 Å². The Morgan fingerprint density at radius 1 is 1.20 bits per heavy atom. The number of hydrogen-bond donors (Lipinski definition) is 1. The average Bonchev–Trinajstić information content (AvgIpc) is 2.77. The van der Waals surface area contributed by atoms with Crippen LogP contribution in [-0.4, -0.2) is 24.8 Å². The van der Waals surface area contributed by atoms with E-state index >= 15 is 0 Å². The lowest BCUT2D eigenvalue weighted by atomic mass is 9.93. The Kier molecular flexibility index (Phi) is 6.70. The molecule has 0 aliphatic carbocycles. The van der Waals surface area contributed by atoms with Crippen LogP contribution in [0.5, 0.6) is 5.75 Å². The van der Waals surface area contributed by atoms with Crippen LogP contribution in [0, 0.1) is 18.3 Å². The average molecular weight is 422 g/mol. The minimum absolute atomic E-state index is 0.0239. The molecule has 0 spiro atoms. The Morgan fingerprint density at radius 3 is 2.43 bits per heavy atom. The number of nitriles is 1. The van der Waals surface area contributed by atoms with E-state index in [4.69, 9.17) is 27.0 Å². The number of ether oxygens (including phenoxy) is 2. The second kappa shape index (κ2) is 9.42. The number of nitrogens with zero attached hydrogens (tertiary/aromatic N) is 2. The van der Waals surface area contributed by atoms with Gasteiger partial charge >= 0.3 is 5.97 Å². The molecule has 30 heavy (non-hydrogen) atoms. The molecule has 7 heteroatoms. The molecular formula is C23H23N3O3S. The molecule has 0 fully saturated rings. The molecule has 2 aromatic rings. The topological polar surface area (TPSA) is 74.6 Å². The third-order valence-electron chi connectivity index (χ3n) is 4.89. The van der Waals surface area contributed by atoms with Crippen molar-refractivity contribution in [2.24, 2.45) is 0 Å². The molecule has 1 aliphatic heterocycles. The van der Waals surface area contributed by atoms with Crippen LogP contribution in [0.2, 0.25) is 0 Å². The van der Waals surface area contributed by atoms with Crippen LogP contribution in [-0.2, 0) is 9.53 Å². The Morgan fingerprint density at radius 2 is 1.87 bits per heavy atom. The van der Waals surface area contributed by atoms with Gasteiger partial charge in [0.1, 0.15) is 11.8 Å². The monoisotopic (exact) mass is 421 g/mol. The third-order valence-corrected chi connectivity index (χ3v) is 5.19. The zero-order chi connectivity index (χ0) is 21.7. The molecule has 1 atom stereocenters. The van der Waals surface area contributed by atoms with Gasteiger partial charge in [0.05, 0.1) is 18.7 Å². The molecule has 2 aromatic carbocycles. The fourth-order valence-corrected chi connectivity index (χ4v) is 3.79. The first-order valence-corrected chi connectivity index (χ1v) is 9.99. The first-order chi connectivity index (χ1) is 14.5. The van der Waals surface area contributed by atoms with E-state index in [1.165, 1.54) is 7.11 Å². The molecule has 154 valence electrons. The Labute approximate surface area is 181 Å². The molecule has 0 amide bonds. The fraction of sp³-hybridized carbons (Fsp3) is 0.261. The largest absolute Gasteiger partial charge is 0.479 e. The third kappa shape index (κ3) is 4.29. The van der Waals surface area contributed by atoms with Gasteiger partial charge in [0.15, 0.2) is 11.7 Å². The molecular weight excluding hydrogens is 398 g/mol. The van der Waals surface area contributed by atoms with Gasteiger partial charge in [-0.1, -0.05) is 36.8 Å². The van der Waals surface area contributed by atoms with Gasteiger partial charge in [-0.15, -0.1) is 0 Å². The number of methoxy groups -OCH3 is 1. The second-order valence-electron chi connectivity index (χ2n) is 6.77. The van der Waals surface area contributed by atoms with Crippen molar-refractivity contribution < 1.29 is 14.3 Å². The first kappa shape index (κ1) is 21.3. The summed E-state index contributed by atoms with van der Waals surface area (Å²) in [4.78, 5) is 14.7. The molecule has 1 heterocycles. The lowest BCUT2D eigenvalue weighted by Gasteiger charge is -2.38. The van der Waals surface area contributed by atoms with Crippen molar-refractivity contribution in [1.82, 2.24) is 5.32 Å². The van der Waals surface area contributed by atoms with Crippen LogP contribution in [0.3, 0.4) is 0 Å². The van der Waals surface area contributed by atoms with E-state index in [1.807, 2.05) is 61.2 Å². The summed E-state index contributed by atoms with van der Waals surface area (Å²) >= 11 is 5.69. The van der Waals surface area contributed by atoms with Gasteiger partial charge in [-0.25, -0.2) is 4.79 Å². The first-order valence-electron chi connectivity index (χ1n) is 9.58. The van der Waals surface area contributed by atoms with Crippen molar-refractivity contribution in [3.8, 4) is 11.8 Å². The number of esters is 1. The molecule has 1 aliphatic rings. The van der Waals surface area contributed by atoms with Crippen LogP contribution in [0.1, 0.15) is 30.5 Å². The predicted octanol–water partition coefficient (Wildman–Crippen LogP) is 4.17. The summed E-state index contributed by atoms with van der Waals surface area (Å²) in [5, 5.41) is 12.5. The molecule has 0 bridgehead atoms. The summed E-state index contributed by atoms with van der Waals surface area (Å²) in [7, 11) is 1.38. The van der Waals surface area contributed by atoms with Gasteiger partial charge in [-0.3, -0.25) is 4.90 Å². The standard InChI is InChI=1S/C23H23N3O3S/c1-4-19-20(22(27)28-3)21(16-7-11-18(12-8-16)29-14-13-24)25-23(30)26(19)17-9-5-15(2)6-10-17/h5-12,21H,4,14H2,1-3H3,(H,25,30)/t21-/m0/s1. The number of allylic oxidation sites excluding steroid dienone is 1. The Hall–Kier alpha value is -3.37. The zero-order valence-corrected chi connectivity index (χ0v) is 18.0. The molecule has 0 saturated carbocycles. The quantitative estimate of drug-likeness (QED) is 0.554. The minimum atomic E-state index is -0.452. The lowest BCUT2D eigenvalue weighted by molar-refractivity contribution is -0.136. The molecule has 0 unspecified atom stereocenters. The summed E-state index contributed by atoms with van der Waals surface area (Å²) in [5.41, 5.74) is 4.18. The maximum Gasteiger partial charge on any atom is 0.337 e. The highest BCUT2D eigenvalue weighted by molar-refractivity contribution is 7.80. The van der Waals surface area contributed by atoms with Crippen molar-refractivity contribution >= 4 is 29.0 Å². The van der Waals surface area contributed by atoms with E-state index < -0.39 is 12.0 Å². The fourth-order valence-electron chi connectivity index (χ4n) is 3.45. The highest BCUT2D eigenvalue weighted by atomic mass is 32.1. The molecule has 0 radical (unpaired) electrons. The maximum absolute atomic E-state index is 12.8. The Bertz CT molecular complexity index is 1010. The number of rotatable bonds is 6. The van der Waals surface area contributed by atoms with Gasteiger partial charge in [0.2, 0.25) is 0 Å². The maximum atomic E-state index is 12.8. The number of carbonyl (C=O) groups excluding carboxylic acids is 1. The van der Waals surface area contributed by atoms with Crippen molar-refractivity contribution in [3.63, 3.8) is 0 Å². The van der Waals surface area contributed by atoms with Crippen LogP contribution in [0.4, 0.5) is 5.69 Å².